The van der Waals surface area contributed by atoms with Gasteiger partial charge in [0.15, 0.2) is 0 Å². The molecule has 22 heavy (non-hydrogen) atoms. The van der Waals surface area contributed by atoms with Crippen molar-refractivity contribution in [2.75, 3.05) is 6.61 Å². The highest BCUT2D eigenvalue weighted by molar-refractivity contribution is 6.21. The quantitative estimate of drug-likeness (QED) is 0.751. The Kier molecular flexibility index (Phi) is 6.10. The van der Waals surface area contributed by atoms with Gasteiger partial charge >= 0.3 is 0 Å². The van der Waals surface area contributed by atoms with Crippen LogP contribution in [0, 0.1) is 0 Å². The molecule has 0 spiro atoms. The zero-order valence-corrected chi connectivity index (χ0v) is 13.3. The van der Waals surface area contributed by atoms with Crippen molar-refractivity contribution >= 4 is 11.6 Å². The molecule has 0 bridgehead atoms. The van der Waals surface area contributed by atoms with Gasteiger partial charge in [-0.15, -0.1) is 11.6 Å². The smallest absolute Gasteiger partial charge is 0.123 e. The molecule has 118 valence electrons. The van der Waals surface area contributed by atoms with Crippen molar-refractivity contribution < 1.29 is 14.9 Å². The zero-order chi connectivity index (χ0) is 15.9. The SMILES string of the molecule is CCCC(Cl)C(O)COc1ccc(O)c(-c2ccccc2)c1. The van der Waals surface area contributed by atoms with Gasteiger partial charge in [0, 0.05) is 5.56 Å². The van der Waals surface area contributed by atoms with Gasteiger partial charge in [-0.25, -0.2) is 0 Å². The van der Waals surface area contributed by atoms with Crippen molar-refractivity contribution in [3.8, 4) is 22.6 Å². The monoisotopic (exact) mass is 320 g/mol. The standard InChI is InChI=1S/C18H21ClO3/c1-2-6-16(19)18(21)12-22-14-9-10-17(20)15(11-14)13-7-4-3-5-8-13/h3-5,7-11,16,18,20-21H,2,6,12H2,1H3. The first kappa shape index (κ1) is 16.7. The molecule has 0 aliphatic rings. The van der Waals surface area contributed by atoms with Crippen LogP contribution in [0.4, 0.5) is 0 Å². The van der Waals surface area contributed by atoms with Crippen molar-refractivity contribution in [2.45, 2.75) is 31.2 Å². The first-order valence-corrected chi connectivity index (χ1v) is 7.88. The van der Waals surface area contributed by atoms with E-state index in [1.807, 2.05) is 37.3 Å². The summed E-state index contributed by atoms with van der Waals surface area (Å²) in [6, 6.07) is 14.6. The molecule has 0 saturated carbocycles. The van der Waals surface area contributed by atoms with Crippen LogP contribution in [0.5, 0.6) is 11.5 Å². The molecule has 2 aromatic rings. The predicted molar refractivity (Wildman–Crippen MR) is 89.6 cm³/mol. The number of phenols is 1. The molecule has 0 aliphatic heterocycles. The molecule has 0 aliphatic carbocycles. The molecule has 4 heteroatoms. The van der Waals surface area contributed by atoms with Crippen molar-refractivity contribution in [3.05, 3.63) is 48.5 Å². The Morgan fingerprint density at radius 1 is 1.14 bits per heavy atom. The van der Waals surface area contributed by atoms with E-state index in [4.69, 9.17) is 16.3 Å². The van der Waals surface area contributed by atoms with Gasteiger partial charge in [-0.05, 0) is 30.2 Å². The Bertz CT molecular complexity index is 586. The lowest BCUT2D eigenvalue weighted by atomic mass is 10.0. The molecule has 2 aromatic carbocycles. The Morgan fingerprint density at radius 2 is 1.86 bits per heavy atom. The van der Waals surface area contributed by atoms with E-state index in [2.05, 4.69) is 0 Å². The number of aliphatic hydroxyl groups is 1. The highest BCUT2D eigenvalue weighted by Crippen LogP contribution is 2.32. The Balaban J connectivity index is 2.07. The van der Waals surface area contributed by atoms with E-state index >= 15 is 0 Å². The third kappa shape index (κ3) is 4.39. The number of hydrogen-bond acceptors (Lipinski definition) is 3. The molecule has 2 unspecified atom stereocenters. The van der Waals surface area contributed by atoms with Gasteiger partial charge in [0.1, 0.15) is 24.2 Å². The van der Waals surface area contributed by atoms with Crippen LogP contribution < -0.4 is 4.74 Å². The van der Waals surface area contributed by atoms with Crippen LogP contribution in [0.3, 0.4) is 0 Å². The number of aromatic hydroxyl groups is 1. The number of rotatable bonds is 7. The molecule has 2 atom stereocenters. The number of benzene rings is 2. The van der Waals surface area contributed by atoms with Gasteiger partial charge < -0.3 is 14.9 Å². The summed E-state index contributed by atoms with van der Waals surface area (Å²) in [6.45, 7) is 2.15. The molecule has 0 aromatic heterocycles. The lowest BCUT2D eigenvalue weighted by Gasteiger charge is -2.17. The second kappa shape index (κ2) is 8.06. The summed E-state index contributed by atoms with van der Waals surface area (Å²) in [5.41, 5.74) is 1.61. The zero-order valence-electron chi connectivity index (χ0n) is 12.6. The molecule has 2 N–H and O–H groups in total. The maximum absolute atomic E-state index is 10.00. The van der Waals surface area contributed by atoms with Gasteiger partial charge in [0.05, 0.1) is 5.38 Å². The third-order valence-corrected chi connectivity index (χ3v) is 3.96. The molecule has 0 fully saturated rings. The molecule has 0 saturated heterocycles. The normalized spacial score (nSPS) is 13.6. The highest BCUT2D eigenvalue weighted by atomic mass is 35.5. The summed E-state index contributed by atoms with van der Waals surface area (Å²) in [7, 11) is 0. The van der Waals surface area contributed by atoms with E-state index in [0.717, 1.165) is 18.4 Å². The lowest BCUT2D eigenvalue weighted by Crippen LogP contribution is -2.27. The molecule has 3 nitrogen and oxygen atoms in total. The maximum atomic E-state index is 10.00. The summed E-state index contributed by atoms with van der Waals surface area (Å²) in [4.78, 5) is 0. The van der Waals surface area contributed by atoms with Crippen molar-refractivity contribution in [2.24, 2.45) is 0 Å². The van der Waals surface area contributed by atoms with Crippen LogP contribution in [-0.2, 0) is 0 Å². The fourth-order valence-corrected chi connectivity index (χ4v) is 2.50. The van der Waals surface area contributed by atoms with Gasteiger partial charge in [-0.1, -0.05) is 43.7 Å². The molecule has 0 radical (unpaired) electrons. The average molecular weight is 321 g/mol. The van der Waals surface area contributed by atoms with Crippen LogP contribution in [-0.4, -0.2) is 28.3 Å². The number of aliphatic hydroxyl groups excluding tert-OH is 1. The number of alkyl halides is 1. The topological polar surface area (TPSA) is 49.7 Å². The Labute approximate surface area is 136 Å². The van der Waals surface area contributed by atoms with E-state index in [0.29, 0.717) is 11.3 Å². The summed E-state index contributed by atoms with van der Waals surface area (Å²) in [5, 5.41) is 19.6. The first-order chi connectivity index (χ1) is 10.6. The molecule has 2 rings (SSSR count). The lowest BCUT2D eigenvalue weighted by molar-refractivity contribution is 0.101. The van der Waals surface area contributed by atoms with Crippen LogP contribution >= 0.6 is 11.6 Å². The largest absolute Gasteiger partial charge is 0.507 e. The minimum atomic E-state index is -0.712. The maximum Gasteiger partial charge on any atom is 0.123 e. The number of phenolic OH excluding ortho intramolecular Hbond substituents is 1. The minimum absolute atomic E-state index is 0.132. The van der Waals surface area contributed by atoms with Gasteiger partial charge in [-0.2, -0.15) is 0 Å². The average Bonchev–Trinajstić information content (AvgIpc) is 2.54. The first-order valence-electron chi connectivity index (χ1n) is 7.45. The molecule has 0 amide bonds. The van der Waals surface area contributed by atoms with E-state index in [1.165, 1.54) is 0 Å². The predicted octanol–water partition coefficient (Wildman–Crippen LogP) is 4.21. The van der Waals surface area contributed by atoms with E-state index in [-0.39, 0.29) is 17.7 Å². The van der Waals surface area contributed by atoms with E-state index < -0.39 is 6.10 Å². The Hall–Kier alpha value is -1.71. The van der Waals surface area contributed by atoms with Gasteiger partial charge in [0.25, 0.3) is 0 Å². The fraction of sp³-hybridized carbons (Fsp3) is 0.333. The number of halogens is 1. The second-order valence-electron chi connectivity index (χ2n) is 5.23. The Morgan fingerprint density at radius 3 is 2.55 bits per heavy atom. The number of ether oxygens (including phenoxy) is 1. The van der Waals surface area contributed by atoms with Crippen LogP contribution in [0.15, 0.2) is 48.5 Å². The minimum Gasteiger partial charge on any atom is -0.507 e. The second-order valence-corrected chi connectivity index (χ2v) is 5.79. The summed E-state index contributed by atoms with van der Waals surface area (Å²) >= 11 is 6.08. The fourth-order valence-electron chi connectivity index (χ4n) is 2.21. The van der Waals surface area contributed by atoms with Crippen molar-refractivity contribution in [3.63, 3.8) is 0 Å². The molecular formula is C18H21ClO3. The summed E-state index contributed by atoms with van der Waals surface area (Å²) in [5.74, 6) is 0.788. The molecular weight excluding hydrogens is 300 g/mol. The van der Waals surface area contributed by atoms with Gasteiger partial charge in [-0.3, -0.25) is 0 Å². The van der Waals surface area contributed by atoms with E-state index in [1.54, 1.807) is 18.2 Å². The summed E-state index contributed by atoms with van der Waals surface area (Å²) < 4.78 is 5.61. The van der Waals surface area contributed by atoms with E-state index in [9.17, 15) is 10.2 Å². The van der Waals surface area contributed by atoms with Crippen molar-refractivity contribution in [1.29, 1.82) is 0 Å². The van der Waals surface area contributed by atoms with Gasteiger partial charge in [0.2, 0.25) is 0 Å². The van der Waals surface area contributed by atoms with Crippen molar-refractivity contribution in [1.82, 2.24) is 0 Å². The highest BCUT2D eigenvalue weighted by Gasteiger charge is 2.16. The number of hydrogen-bond donors (Lipinski definition) is 2. The van der Waals surface area contributed by atoms with Crippen LogP contribution in [0.25, 0.3) is 11.1 Å². The summed E-state index contributed by atoms with van der Waals surface area (Å²) in [6.07, 6.45) is 0.954. The third-order valence-electron chi connectivity index (χ3n) is 3.46. The van der Waals surface area contributed by atoms with Crippen LogP contribution in [0.1, 0.15) is 19.8 Å². The molecule has 0 heterocycles. The van der Waals surface area contributed by atoms with Crippen LogP contribution in [0.2, 0.25) is 0 Å².